The fourth-order valence-corrected chi connectivity index (χ4v) is 8.96. The van der Waals surface area contributed by atoms with Gasteiger partial charge < -0.3 is 36.4 Å². The molecule has 0 bridgehead atoms. The van der Waals surface area contributed by atoms with Gasteiger partial charge in [-0.1, -0.05) is 17.7 Å². The highest BCUT2D eigenvalue weighted by Crippen LogP contribution is 2.59. The van der Waals surface area contributed by atoms with Crippen molar-refractivity contribution in [3.05, 3.63) is 74.1 Å². The number of fused-ring (bicyclic) bond motifs is 2. The zero-order chi connectivity index (χ0) is 38.2. The molecule has 0 saturated carbocycles. The summed E-state index contributed by atoms with van der Waals surface area (Å²) in [5.41, 5.74) is 1.12. The van der Waals surface area contributed by atoms with Gasteiger partial charge in [-0.2, -0.15) is 8.78 Å². The number of thiazole rings is 1. The van der Waals surface area contributed by atoms with Crippen LogP contribution in [0.25, 0.3) is 21.3 Å². The Labute approximate surface area is 313 Å². The first-order valence-electron chi connectivity index (χ1n) is 16.3. The van der Waals surface area contributed by atoms with Gasteiger partial charge in [0.25, 0.3) is 5.91 Å². The molecule has 2 aliphatic rings. The normalized spacial score (nSPS) is 20.1. The van der Waals surface area contributed by atoms with Crippen molar-refractivity contribution in [1.29, 1.82) is 0 Å². The molecule has 6 rings (SSSR count). The zero-order valence-corrected chi connectivity index (χ0v) is 30.8. The third kappa shape index (κ3) is 8.28. The highest BCUT2D eigenvalue weighted by molar-refractivity contribution is 7.52. The average molecular weight is 813 g/mol. The molecular formula is C33H33ClF3N6O7PS2. The first-order valence-corrected chi connectivity index (χ1v) is 20.0. The number of alkyl halides is 2. The maximum Gasteiger partial charge on any atom is 0.399 e. The number of nitrogens with one attached hydrogen (secondary N) is 3. The maximum atomic E-state index is 14.3. The minimum Gasteiger partial charge on any atom is -0.370 e. The summed E-state index contributed by atoms with van der Waals surface area (Å²) in [5, 5.41) is 11.0. The van der Waals surface area contributed by atoms with Crippen LogP contribution in [-0.4, -0.2) is 74.5 Å². The fourth-order valence-electron chi connectivity index (χ4n) is 6.44. The zero-order valence-electron chi connectivity index (χ0n) is 27.6. The van der Waals surface area contributed by atoms with E-state index in [0.717, 1.165) is 23.5 Å². The van der Waals surface area contributed by atoms with E-state index in [1.54, 1.807) is 5.38 Å². The van der Waals surface area contributed by atoms with E-state index in [9.17, 15) is 36.9 Å². The van der Waals surface area contributed by atoms with Crippen LogP contribution in [0, 0.1) is 5.82 Å². The number of halogens is 4. The molecule has 282 valence electrons. The van der Waals surface area contributed by atoms with E-state index in [1.165, 1.54) is 46.6 Å². The van der Waals surface area contributed by atoms with Gasteiger partial charge in [0.1, 0.15) is 22.9 Å². The van der Waals surface area contributed by atoms with Crippen molar-refractivity contribution < 1.29 is 46.7 Å². The van der Waals surface area contributed by atoms with E-state index in [4.69, 9.17) is 27.1 Å². The molecule has 13 nitrogen and oxygen atoms in total. The van der Waals surface area contributed by atoms with Crippen LogP contribution in [0.1, 0.15) is 58.4 Å². The number of hydrogen-bond acceptors (Lipinski definition) is 9. The predicted molar refractivity (Wildman–Crippen MR) is 192 cm³/mol. The van der Waals surface area contributed by atoms with Crippen molar-refractivity contribution in [3.8, 4) is 11.3 Å². The summed E-state index contributed by atoms with van der Waals surface area (Å²) in [4.78, 5) is 77.6. The number of hydrogen-bond donors (Lipinski definition) is 6. The number of primary amides is 1. The Morgan fingerprint density at radius 2 is 1.92 bits per heavy atom. The lowest BCUT2D eigenvalue weighted by molar-refractivity contribution is -0.142. The number of benzene rings is 2. The van der Waals surface area contributed by atoms with Gasteiger partial charge in [-0.25, -0.2) is 9.37 Å². The van der Waals surface area contributed by atoms with E-state index >= 15 is 0 Å². The van der Waals surface area contributed by atoms with E-state index in [1.807, 2.05) is 0 Å². The summed E-state index contributed by atoms with van der Waals surface area (Å²) in [6.07, 6.45) is 1.46. The van der Waals surface area contributed by atoms with E-state index < -0.39 is 66.4 Å². The molecule has 0 aliphatic carbocycles. The van der Waals surface area contributed by atoms with E-state index in [-0.39, 0.29) is 40.7 Å². The molecule has 4 aromatic rings. The predicted octanol–water partition coefficient (Wildman–Crippen LogP) is 4.62. The summed E-state index contributed by atoms with van der Waals surface area (Å²) < 4.78 is 54.2. The van der Waals surface area contributed by atoms with Crippen molar-refractivity contribution in [2.24, 2.45) is 5.73 Å². The Morgan fingerprint density at radius 3 is 2.64 bits per heavy atom. The van der Waals surface area contributed by atoms with Gasteiger partial charge >= 0.3 is 13.3 Å². The number of aromatic nitrogens is 1. The molecule has 4 heterocycles. The molecule has 0 spiro atoms. The first kappa shape index (κ1) is 38.8. The smallest absolute Gasteiger partial charge is 0.370 e. The second kappa shape index (κ2) is 15.5. The highest BCUT2D eigenvalue weighted by Gasteiger charge is 2.50. The van der Waals surface area contributed by atoms with Crippen LogP contribution in [0.4, 0.5) is 13.2 Å². The number of carbonyl (C=O) groups is 4. The maximum absolute atomic E-state index is 14.3. The Balaban J connectivity index is 1.19. The van der Waals surface area contributed by atoms with Crippen molar-refractivity contribution in [1.82, 2.24) is 25.8 Å². The van der Waals surface area contributed by atoms with Crippen LogP contribution < -0.4 is 21.7 Å². The van der Waals surface area contributed by atoms with Gasteiger partial charge in [0.05, 0.1) is 21.6 Å². The standard InChI is InChI=1S/C33H33ClF3N6O7PS2/c34-20-12-16(1-4-21(20)35)24-15-52-31(42-24)22(5-8-28(38)44)40-29(45)25-6-3-19-9-10-39-14-23(32(47)43(19)25)41-30(46)27-13-17-11-18(2-7-26(17)53-27)33(36,37)51(48,49)50/h1-2,4,7,11-13,15,19,22-23,25,39H,3,5-6,8-10,14H2,(H2,38,44)(H,40,45)(H,41,46)(H2,48,49,50)/t19-,22?,23+,25+/m1/s1. The molecule has 2 aliphatic heterocycles. The number of amides is 4. The van der Waals surface area contributed by atoms with Crippen molar-refractivity contribution in [2.45, 2.75) is 61.9 Å². The van der Waals surface area contributed by atoms with Gasteiger partial charge in [0, 0.05) is 40.2 Å². The van der Waals surface area contributed by atoms with Crippen molar-refractivity contribution in [2.75, 3.05) is 13.1 Å². The Bertz CT molecular complexity index is 2130. The van der Waals surface area contributed by atoms with Gasteiger partial charge in [-0.05, 0) is 74.0 Å². The quantitative estimate of drug-likeness (QED) is 0.117. The monoisotopic (exact) mass is 812 g/mol. The second-order valence-electron chi connectivity index (χ2n) is 12.7. The third-order valence-electron chi connectivity index (χ3n) is 9.15. The minimum absolute atomic E-state index is 0.0439. The number of nitrogens with two attached hydrogens (primary N) is 1. The molecule has 4 amide bonds. The Morgan fingerprint density at radius 1 is 1.15 bits per heavy atom. The molecule has 7 N–H and O–H groups in total. The van der Waals surface area contributed by atoms with Gasteiger partial charge in [-0.3, -0.25) is 23.7 Å². The van der Waals surface area contributed by atoms with Crippen LogP contribution in [0.3, 0.4) is 0 Å². The molecule has 2 fully saturated rings. The lowest BCUT2D eigenvalue weighted by atomic mass is 10.1. The molecule has 2 aromatic carbocycles. The second-order valence-corrected chi connectivity index (χ2v) is 16.8. The molecule has 53 heavy (non-hydrogen) atoms. The largest absolute Gasteiger partial charge is 0.399 e. The van der Waals surface area contributed by atoms with Crippen LogP contribution >= 0.6 is 41.9 Å². The third-order valence-corrected chi connectivity index (χ3v) is 12.5. The molecule has 1 unspecified atom stereocenters. The lowest BCUT2D eigenvalue weighted by Crippen LogP contribution is -2.60. The Kier molecular flexibility index (Phi) is 11.3. The van der Waals surface area contributed by atoms with Crippen LogP contribution in [0.15, 0.2) is 47.8 Å². The summed E-state index contributed by atoms with van der Waals surface area (Å²) in [7, 11) is -5.81. The van der Waals surface area contributed by atoms with Gasteiger partial charge in [-0.15, -0.1) is 22.7 Å². The number of rotatable bonds is 11. The van der Waals surface area contributed by atoms with E-state index in [0.29, 0.717) is 46.8 Å². The SMILES string of the molecule is NC(=O)CCC(NC(=O)[C@@H]1CC[C@@H]2CCNC[C@H](NC(=O)c3cc4cc(C(F)(F)P(=O)(O)O)ccc4s3)C(=O)N21)c1nc(-c2ccc(F)c(Cl)c2)cs1. The summed E-state index contributed by atoms with van der Waals surface area (Å²) >= 11 is 8.12. The minimum atomic E-state index is -5.81. The molecule has 0 radical (unpaired) electrons. The summed E-state index contributed by atoms with van der Waals surface area (Å²) in [6, 6.07) is 5.40. The van der Waals surface area contributed by atoms with Crippen LogP contribution in [0.2, 0.25) is 5.02 Å². The summed E-state index contributed by atoms with van der Waals surface area (Å²) in [5.74, 6) is -2.84. The molecular weight excluding hydrogens is 780 g/mol. The van der Waals surface area contributed by atoms with Gasteiger partial charge in [0.15, 0.2) is 0 Å². The number of nitrogens with zero attached hydrogens (tertiary/aromatic N) is 2. The molecule has 2 saturated heterocycles. The average Bonchev–Trinajstić information content (AvgIpc) is 3.86. The lowest BCUT2D eigenvalue weighted by Gasteiger charge is -2.35. The number of carbonyl (C=O) groups excluding carboxylic acids is 4. The molecule has 2 aromatic heterocycles. The number of thiophene rings is 1. The van der Waals surface area contributed by atoms with E-state index in [2.05, 4.69) is 20.9 Å². The van der Waals surface area contributed by atoms with Crippen molar-refractivity contribution in [3.63, 3.8) is 0 Å². The molecule has 4 atom stereocenters. The molecule has 20 heteroatoms. The summed E-state index contributed by atoms with van der Waals surface area (Å²) in [6.45, 7) is 0.535. The first-order chi connectivity index (χ1) is 25.0. The van der Waals surface area contributed by atoms with Crippen molar-refractivity contribution >= 4 is 75.6 Å². The fraction of sp³-hybridized carbons (Fsp3) is 0.364. The highest BCUT2D eigenvalue weighted by atomic mass is 35.5. The Hall–Kier alpha value is -3.90. The van der Waals surface area contributed by atoms with Gasteiger partial charge in [0.2, 0.25) is 17.7 Å². The van der Waals surface area contributed by atoms with Crippen LogP contribution in [0.5, 0.6) is 0 Å². The topological polar surface area (TPSA) is 204 Å². The van der Waals surface area contributed by atoms with Crippen LogP contribution in [-0.2, 0) is 24.6 Å².